The molecule has 4 aromatic heterocycles. The van der Waals surface area contributed by atoms with Gasteiger partial charge in [-0.2, -0.15) is 4.98 Å². The van der Waals surface area contributed by atoms with E-state index in [0.29, 0.717) is 0 Å². The van der Waals surface area contributed by atoms with Crippen LogP contribution in [0.25, 0.3) is 22.3 Å². The topological polar surface area (TPSA) is 310 Å². The summed E-state index contributed by atoms with van der Waals surface area (Å²) >= 11 is 0. The van der Waals surface area contributed by atoms with E-state index in [0.717, 1.165) is 0 Å². The van der Waals surface area contributed by atoms with Crippen molar-refractivity contribution in [2.75, 3.05) is 36.1 Å². The maximum absolute atomic E-state index is 13.4. The lowest BCUT2D eigenvalue weighted by molar-refractivity contribution is -0.0330. The van der Waals surface area contributed by atoms with Crippen LogP contribution in [0.4, 0.5) is 11.8 Å². The zero-order chi connectivity index (χ0) is 31.8. The molecule has 0 saturated carbocycles. The predicted octanol–water partition coefficient (Wildman–Crippen LogP) is -4.27. The molecule has 242 valence electrons. The third-order valence-corrected chi connectivity index (χ3v) is 11.1. The molecule has 9 N–H and O–H groups in total. The number of imidazole rings is 2. The Labute approximate surface area is 253 Å². The van der Waals surface area contributed by atoms with Crippen molar-refractivity contribution >= 4 is 54.1 Å². The van der Waals surface area contributed by atoms with Crippen molar-refractivity contribution in [3.8, 4) is 0 Å². The van der Waals surface area contributed by atoms with Gasteiger partial charge in [0.1, 0.15) is 24.2 Å². The molecule has 0 aromatic carbocycles. The molecule has 3 aliphatic heterocycles. The summed E-state index contributed by atoms with van der Waals surface area (Å²) in [7, 11) is -8.37. The smallest absolute Gasteiger partial charge is 0.280 e. The average molecular weight is 669 g/mol. The van der Waals surface area contributed by atoms with Crippen LogP contribution in [-0.2, 0) is 29.5 Å². The molecule has 2 bridgehead atoms. The molecule has 4 aromatic rings. The Hall–Kier alpha value is -3.84. The molecular weight excluding hydrogens is 640 g/mol. The van der Waals surface area contributed by atoms with Gasteiger partial charge in [0.25, 0.3) is 5.56 Å². The van der Waals surface area contributed by atoms with Crippen LogP contribution in [0.3, 0.4) is 0 Å². The first-order chi connectivity index (χ1) is 21.3. The van der Waals surface area contributed by atoms with Gasteiger partial charge in [-0.25, -0.2) is 46.2 Å². The Morgan fingerprint density at radius 1 is 0.800 bits per heavy atom. The lowest BCUT2D eigenvalue weighted by atomic mass is 10.0. The molecule has 45 heavy (non-hydrogen) atoms. The summed E-state index contributed by atoms with van der Waals surface area (Å²) in [4.78, 5) is 34.9. The van der Waals surface area contributed by atoms with Crippen LogP contribution in [0.2, 0.25) is 0 Å². The van der Waals surface area contributed by atoms with E-state index in [2.05, 4.69) is 39.3 Å². The number of nitrogen functional groups attached to an aromatic ring is 2. The van der Waals surface area contributed by atoms with Crippen molar-refractivity contribution in [3.63, 3.8) is 0 Å². The first-order valence-electron chi connectivity index (χ1n) is 13.6. The summed E-state index contributed by atoms with van der Waals surface area (Å²) in [5.74, 6) is -3.74. The predicted molar refractivity (Wildman–Crippen MR) is 153 cm³/mol. The highest BCUT2D eigenvalue weighted by molar-refractivity contribution is 7.89. The van der Waals surface area contributed by atoms with Crippen LogP contribution in [0.15, 0.2) is 23.8 Å². The third-order valence-electron chi connectivity index (χ3n) is 8.24. The number of H-pyrrole nitrogens is 1. The Kier molecular flexibility index (Phi) is 7.04. The Morgan fingerprint density at radius 2 is 1.42 bits per heavy atom. The molecule has 0 aliphatic carbocycles. The van der Waals surface area contributed by atoms with Gasteiger partial charge < -0.3 is 31.2 Å². The Balaban J connectivity index is 1.21. The lowest BCUT2D eigenvalue weighted by Gasteiger charge is -2.23. The number of hydrogen-bond acceptors (Lipinski definition) is 16. The number of hydrogen-bond donors (Lipinski definition) is 7. The number of aromatic nitrogens is 8. The maximum atomic E-state index is 13.4. The van der Waals surface area contributed by atoms with Gasteiger partial charge >= 0.3 is 0 Å². The molecule has 0 amide bonds. The lowest BCUT2D eigenvalue weighted by Crippen LogP contribution is -2.43. The van der Waals surface area contributed by atoms with Crippen molar-refractivity contribution < 1.29 is 36.5 Å². The second kappa shape index (κ2) is 10.6. The summed E-state index contributed by atoms with van der Waals surface area (Å²) in [6.07, 6.45) is -3.93. The summed E-state index contributed by atoms with van der Waals surface area (Å²) in [6, 6.07) is 0. The zero-order valence-corrected chi connectivity index (χ0v) is 24.7. The largest absolute Gasteiger partial charge is 0.390 e. The van der Waals surface area contributed by atoms with E-state index in [1.165, 1.54) is 28.1 Å². The normalized spacial score (nSPS) is 33.4. The minimum Gasteiger partial charge on any atom is -0.390 e. The van der Waals surface area contributed by atoms with Crippen molar-refractivity contribution in [2.24, 2.45) is 11.8 Å². The number of nitrogens with one attached hydrogen (secondary N) is 3. The number of fused-ring (bicyclic) bond motifs is 5. The quantitative estimate of drug-likeness (QED) is 0.106. The molecule has 0 spiro atoms. The third kappa shape index (κ3) is 5.19. The standard InChI is InChI=1S/C22H28N12O9S2/c23-16-12-17(26-5-25-16)33(6-27-12)21-15(36)8-3-44(38,39)30-2-11-14(35)9(4-45(40,41)29-1-10(8)42-21)20(43-11)34-7-28-13-18(34)31-22(24)32-19(13)37/h5-11,14-15,20-21,29-30,35-36H,1-4H2,(H2,23,25,26)(H3,24,31,32,37)/t8?,9?,10-,11-,14?,15?,20-,21-/m1/s1. The second-order valence-corrected chi connectivity index (χ2v) is 14.8. The molecule has 0 radical (unpaired) electrons. The minimum atomic E-state index is -4.20. The molecule has 3 fully saturated rings. The molecule has 8 atom stereocenters. The minimum absolute atomic E-state index is 0.0209. The summed E-state index contributed by atoms with van der Waals surface area (Å²) in [5, 5.41) is 22.5. The maximum Gasteiger partial charge on any atom is 0.280 e. The number of aliphatic hydroxyl groups excluding tert-OH is 2. The molecule has 4 unspecified atom stereocenters. The first kappa shape index (κ1) is 29.8. The molecule has 23 heteroatoms. The zero-order valence-electron chi connectivity index (χ0n) is 23.0. The number of aromatic amines is 1. The van der Waals surface area contributed by atoms with E-state index in [-0.39, 0.29) is 34.1 Å². The van der Waals surface area contributed by atoms with E-state index in [9.17, 15) is 31.8 Å². The van der Waals surface area contributed by atoms with Gasteiger partial charge in [-0.15, -0.1) is 0 Å². The van der Waals surface area contributed by atoms with Crippen molar-refractivity contribution in [2.45, 2.75) is 36.9 Å². The van der Waals surface area contributed by atoms with Crippen molar-refractivity contribution in [1.29, 1.82) is 0 Å². The van der Waals surface area contributed by atoms with Gasteiger partial charge in [0.2, 0.25) is 26.0 Å². The number of anilines is 2. The SMILES string of the molecule is Nc1nc2c(ncn2[C@@H]2O[C@@H]3CNS(=O)(=O)CC4C(O)[C@H](n5cnc6c(N)ncnc65)O[C@@H]4CNS(=O)(=O)CC2C3O)c(=O)[nH]1. The van der Waals surface area contributed by atoms with Crippen LogP contribution >= 0.6 is 0 Å². The second-order valence-electron chi connectivity index (χ2n) is 11.1. The monoisotopic (exact) mass is 668 g/mol. The molecule has 21 nitrogen and oxygen atoms in total. The van der Waals surface area contributed by atoms with Crippen molar-refractivity contribution in [3.05, 3.63) is 29.3 Å². The highest BCUT2D eigenvalue weighted by atomic mass is 32.2. The number of rotatable bonds is 2. The van der Waals surface area contributed by atoms with Crippen LogP contribution in [0.1, 0.15) is 12.5 Å². The van der Waals surface area contributed by atoms with E-state index < -0.39 is 98.9 Å². The van der Waals surface area contributed by atoms with E-state index >= 15 is 0 Å². The van der Waals surface area contributed by atoms with Gasteiger partial charge in [-0.05, 0) is 0 Å². The van der Waals surface area contributed by atoms with E-state index in [1.54, 1.807) is 0 Å². The van der Waals surface area contributed by atoms with Gasteiger partial charge in [0.05, 0.1) is 42.5 Å². The molecule has 3 saturated heterocycles. The highest BCUT2D eigenvalue weighted by Gasteiger charge is 2.50. The van der Waals surface area contributed by atoms with Crippen LogP contribution in [0, 0.1) is 11.8 Å². The van der Waals surface area contributed by atoms with Gasteiger partial charge in [-0.1, -0.05) is 0 Å². The van der Waals surface area contributed by atoms with E-state index in [1.807, 2.05) is 0 Å². The fraction of sp³-hybridized carbons (Fsp3) is 0.545. The fourth-order valence-electron chi connectivity index (χ4n) is 6.08. The number of nitrogens with zero attached hydrogens (tertiary/aromatic N) is 7. The number of sulfonamides is 2. The number of aliphatic hydroxyl groups is 2. The van der Waals surface area contributed by atoms with E-state index in [4.69, 9.17) is 20.9 Å². The Morgan fingerprint density at radius 3 is 2.16 bits per heavy atom. The van der Waals surface area contributed by atoms with Crippen LogP contribution in [-0.4, -0.2) is 115 Å². The fourth-order valence-corrected chi connectivity index (χ4v) is 8.94. The summed E-state index contributed by atoms with van der Waals surface area (Å²) in [6.45, 7) is -0.855. The van der Waals surface area contributed by atoms with Crippen molar-refractivity contribution in [1.82, 2.24) is 48.5 Å². The molecular formula is C22H28N12O9S2. The molecule has 7 rings (SSSR count). The van der Waals surface area contributed by atoms with Gasteiger partial charge in [0, 0.05) is 24.9 Å². The summed E-state index contributed by atoms with van der Waals surface area (Å²) in [5.41, 5.74) is 11.3. The van der Waals surface area contributed by atoms with Crippen LogP contribution < -0.4 is 26.5 Å². The first-order valence-corrected chi connectivity index (χ1v) is 16.9. The average Bonchev–Trinajstić information content (AvgIpc) is 3.72. The summed E-state index contributed by atoms with van der Waals surface area (Å²) < 4.78 is 72.9. The van der Waals surface area contributed by atoms with Gasteiger partial charge in [0.15, 0.2) is 28.9 Å². The van der Waals surface area contributed by atoms with Gasteiger partial charge in [-0.3, -0.25) is 18.9 Å². The molecule has 3 aliphatic rings. The Bertz CT molecular complexity index is 2070. The molecule has 7 heterocycles. The van der Waals surface area contributed by atoms with Crippen LogP contribution in [0.5, 0.6) is 0 Å². The number of ether oxygens (including phenoxy) is 2. The number of nitrogens with two attached hydrogens (primary N) is 2. The highest BCUT2D eigenvalue weighted by Crippen LogP contribution is 2.39.